The maximum atomic E-state index is 11.7. The SMILES string of the molecule is COc1ccccc1NC(=O)OC1C=CCCC1. The Morgan fingerprint density at radius 3 is 2.94 bits per heavy atom. The van der Waals surface area contributed by atoms with Crippen LogP contribution in [0.15, 0.2) is 36.4 Å². The van der Waals surface area contributed by atoms with Gasteiger partial charge in [0.05, 0.1) is 12.8 Å². The van der Waals surface area contributed by atoms with Crippen molar-refractivity contribution in [2.45, 2.75) is 25.4 Å². The average molecular weight is 247 g/mol. The molecule has 1 N–H and O–H groups in total. The summed E-state index contributed by atoms with van der Waals surface area (Å²) in [7, 11) is 1.57. The second-order valence-corrected chi connectivity index (χ2v) is 4.13. The van der Waals surface area contributed by atoms with Gasteiger partial charge in [0.1, 0.15) is 11.9 Å². The number of para-hydroxylation sites is 2. The van der Waals surface area contributed by atoms with Gasteiger partial charge in [0.2, 0.25) is 0 Å². The second-order valence-electron chi connectivity index (χ2n) is 4.13. The first-order valence-corrected chi connectivity index (χ1v) is 6.07. The van der Waals surface area contributed by atoms with Crippen molar-refractivity contribution in [3.05, 3.63) is 36.4 Å². The zero-order valence-electron chi connectivity index (χ0n) is 10.4. The molecule has 0 saturated heterocycles. The van der Waals surface area contributed by atoms with E-state index in [-0.39, 0.29) is 6.10 Å². The molecule has 1 aromatic carbocycles. The lowest BCUT2D eigenvalue weighted by Crippen LogP contribution is -2.22. The quantitative estimate of drug-likeness (QED) is 0.833. The maximum absolute atomic E-state index is 11.7. The zero-order chi connectivity index (χ0) is 12.8. The van der Waals surface area contributed by atoms with Crippen LogP contribution in [-0.4, -0.2) is 19.3 Å². The lowest BCUT2D eigenvalue weighted by atomic mass is 10.1. The van der Waals surface area contributed by atoms with Crippen LogP contribution in [0.3, 0.4) is 0 Å². The smallest absolute Gasteiger partial charge is 0.412 e. The molecular formula is C14H17NO3. The zero-order valence-corrected chi connectivity index (χ0v) is 10.4. The highest BCUT2D eigenvalue weighted by Gasteiger charge is 2.14. The maximum Gasteiger partial charge on any atom is 0.412 e. The topological polar surface area (TPSA) is 47.6 Å². The number of methoxy groups -OCH3 is 1. The molecule has 0 aromatic heterocycles. The number of carbonyl (C=O) groups excluding carboxylic acids is 1. The number of benzene rings is 1. The van der Waals surface area contributed by atoms with Crippen LogP contribution in [0.5, 0.6) is 5.75 Å². The van der Waals surface area contributed by atoms with Gasteiger partial charge in [-0.05, 0) is 37.5 Å². The van der Waals surface area contributed by atoms with Crippen molar-refractivity contribution in [1.29, 1.82) is 0 Å². The normalized spacial score (nSPS) is 18.2. The molecule has 96 valence electrons. The predicted octanol–water partition coefficient (Wildman–Crippen LogP) is 3.35. The Labute approximate surface area is 107 Å². The number of anilines is 1. The molecule has 1 unspecified atom stereocenters. The summed E-state index contributed by atoms with van der Waals surface area (Å²) in [5, 5.41) is 2.69. The summed E-state index contributed by atoms with van der Waals surface area (Å²) < 4.78 is 10.5. The molecule has 4 heteroatoms. The Balaban J connectivity index is 1.94. The first-order chi connectivity index (χ1) is 8.79. The molecular weight excluding hydrogens is 230 g/mol. The molecule has 0 radical (unpaired) electrons. The third-order valence-corrected chi connectivity index (χ3v) is 2.81. The molecule has 1 atom stereocenters. The Bertz CT molecular complexity index is 442. The van der Waals surface area contributed by atoms with Gasteiger partial charge in [0.15, 0.2) is 0 Å². The van der Waals surface area contributed by atoms with E-state index in [1.54, 1.807) is 19.2 Å². The van der Waals surface area contributed by atoms with Crippen LogP contribution in [0.2, 0.25) is 0 Å². The molecule has 1 aliphatic carbocycles. The fraction of sp³-hybridized carbons (Fsp3) is 0.357. The number of ether oxygens (including phenoxy) is 2. The van der Waals surface area contributed by atoms with Crippen LogP contribution < -0.4 is 10.1 Å². The number of carbonyl (C=O) groups is 1. The van der Waals surface area contributed by atoms with Crippen LogP contribution in [0.25, 0.3) is 0 Å². The van der Waals surface area contributed by atoms with Crippen LogP contribution in [0.4, 0.5) is 10.5 Å². The Hall–Kier alpha value is -1.97. The largest absolute Gasteiger partial charge is 0.495 e. The highest BCUT2D eigenvalue weighted by Crippen LogP contribution is 2.23. The Morgan fingerprint density at radius 2 is 2.22 bits per heavy atom. The van der Waals surface area contributed by atoms with Crippen molar-refractivity contribution in [3.63, 3.8) is 0 Å². The Kier molecular flexibility index (Phi) is 4.23. The minimum atomic E-state index is -0.448. The van der Waals surface area contributed by atoms with E-state index in [1.165, 1.54) is 0 Å². The van der Waals surface area contributed by atoms with Gasteiger partial charge in [-0.25, -0.2) is 4.79 Å². The van der Waals surface area contributed by atoms with Crippen molar-refractivity contribution in [2.24, 2.45) is 0 Å². The minimum Gasteiger partial charge on any atom is -0.495 e. The van der Waals surface area contributed by atoms with Crippen molar-refractivity contribution >= 4 is 11.8 Å². The Morgan fingerprint density at radius 1 is 1.39 bits per heavy atom. The summed E-state index contributed by atoms with van der Waals surface area (Å²) in [5.74, 6) is 0.619. The van der Waals surface area contributed by atoms with Crippen LogP contribution in [-0.2, 0) is 4.74 Å². The molecule has 4 nitrogen and oxygen atoms in total. The second kappa shape index (κ2) is 6.10. The van der Waals surface area contributed by atoms with Gasteiger partial charge in [0.25, 0.3) is 0 Å². The van der Waals surface area contributed by atoms with E-state index < -0.39 is 6.09 Å². The van der Waals surface area contributed by atoms with E-state index in [9.17, 15) is 4.79 Å². The number of nitrogens with one attached hydrogen (secondary N) is 1. The van der Waals surface area contributed by atoms with Gasteiger partial charge in [-0.2, -0.15) is 0 Å². The van der Waals surface area contributed by atoms with Crippen LogP contribution in [0, 0.1) is 0 Å². The van der Waals surface area contributed by atoms with Gasteiger partial charge in [-0.3, -0.25) is 5.32 Å². The lowest BCUT2D eigenvalue weighted by molar-refractivity contribution is 0.126. The summed E-state index contributed by atoms with van der Waals surface area (Å²) in [6, 6.07) is 7.24. The lowest BCUT2D eigenvalue weighted by Gasteiger charge is -2.18. The fourth-order valence-corrected chi connectivity index (χ4v) is 1.90. The van der Waals surface area contributed by atoms with Gasteiger partial charge in [0, 0.05) is 0 Å². The number of allylic oxidation sites excluding steroid dienone is 1. The third-order valence-electron chi connectivity index (χ3n) is 2.81. The van der Waals surface area contributed by atoms with Crippen LogP contribution >= 0.6 is 0 Å². The van der Waals surface area contributed by atoms with Crippen molar-refractivity contribution < 1.29 is 14.3 Å². The number of hydrogen-bond donors (Lipinski definition) is 1. The summed E-state index contributed by atoms with van der Waals surface area (Å²) in [6.45, 7) is 0. The first-order valence-electron chi connectivity index (χ1n) is 6.07. The standard InChI is InChI=1S/C14H17NO3/c1-17-13-10-6-5-9-12(13)15-14(16)18-11-7-3-2-4-8-11/h3,5-7,9-11H,2,4,8H2,1H3,(H,15,16). The monoisotopic (exact) mass is 247 g/mol. The van der Waals surface area contributed by atoms with E-state index in [4.69, 9.17) is 9.47 Å². The van der Waals surface area contributed by atoms with Gasteiger partial charge < -0.3 is 9.47 Å². The first kappa shape index (κ1) is 12.5. The average Bonchev–Trinajstić information content (AvgIpc) is 2.40. The van der Waals surface area contributed by atoms with E-state index in [1.807, 2.05) is 24.3 Å². The number of amides is 1. The molecule has 0 aliphatic heterocycles. The molecule has 0 bridgehead atoms. The van der Waals surface area contributed by atoms with E-state index in [0.717, 1.165) is 19.3 Å². The number of rotatable bonds is 3. The summed E-state index contributed by atoms with van der Waals surface area (Å²) >= 11 is 0. The molecule has 0 spiro atoms. The third kappa shape index (κ3) is 3.26. The molecule has 2 rings (SSSR count). The van der Waals surface area contributed by atoms with Gasteiger partial charge in [-0.15, -0.1) is 0 Å². The molecule has 1 aliphatic rings. The molecule has 0 fully saturated rings. The molecule has 18 heavy (non-hydrogen) atoms. The minimum absolute atomic E-state index is 0.117. The molecule has 0 heterocycles. The molecule has 0 saturated carbocycles. The summed E-state index contributed by atoms with van der Waals surface area (Å²) in [5.41, 5.74) is 0.616. The van der Waals surface area contributed by atoms with Crippen LogP contribution in [0.1, 0.15) is 19.3 Å². The van der Waals surface area contributed by atoms with Gasteiger partial charge >= 0.3 is 6.09 Å². The van der Waals surface area contributed by atoms with E-state index in [0.29, 0.717) is 11.4 Å². The highest BCUT2D eigenvalue weighted by atomic mass is 16.6. The molecule has 1 aromatic rings. The number of hydrogen-bond acceptors (Lipinski definition) is 3. The predicted molar refractivity (Wildman–Crippen MR) is 69.9 cm³/mol. The van der Waals surface area contributed by atoms with Crippen molar-refractivity contribution in [1.82, 2.24) is 0 Å². The fourth-order valence-electron chi connectivity index (χ4n) is 1.90. The highest BCUT2D eigenvalue weighted by molar-refractivity contribution is 5.86. The van der Waals surface area contributed by atoms with Crippen molar-refractivity contribution in [2.75, 3.05) is 12.4 Å². The van der Waals surface area contributed by atoms with E-state index >= 15 is 0 Å². The van der Waals surface area contributed by atoms with E-state index in [2.05, 4.69) is 5.32 Å². The summed E-state index contributed by atoms with van der Waals surface area (Å²) in [6.07, 6.45) is 6.42. The van der Waals surface area contributed by atoms with Crippen molar-refractivity contribution in [3.8, 4) is 5.75 Å². The molecule has 1 amide bonds. The van der Waals surface area contributed by atoms with Gasteiger partial charge in [-0.1, -0.05) is 18.2 Å². The summed E-state index contributed by atoms with van der Waals surface area (Å²) in [4.78, 5) is 11.7.